The summed E-state index contributed by atoms with van der Waals surface area (Å²) in [6.07, 6.45) is 0.181. The first-order chi connectivity index (χ1) is 11.6. The number of hydrogen-bond acceptors (Lipinski definition) is 4. The molecule has 0 bridgehead atoms. The maximum atomic E-state index is 12.8. The highest BCUT2D eigenvalue weighted by Crippen LogP contribution is 2.33. The molecular weight excluding hydrogens is 304 g/mol. The highest BCUT2D eigenvalue weighted by atomic mass is 16.5. The first-order valence-electron chi connectivity index (χ1n) is 7.86. The van der Waals surface area contributed by atoms with Crippen molar-refractivity contribution >= 4 is 17.5 Å². The fourth-order valence-electron chi connectivity index (χ4n) is 3.01. The van der Waals surface area contributed by atoms with Gasteiger partial charge in [-0.2, -0.15) is 0 Å². The van der Waals surface area contributed by atoms with Gasteiger partial charge in [0.2, 0.25) is 5.91 Å². The molecule has 2 aromatic carbocycles. The Morgan fingerprint density at radius 2 is 1.75 bits per heavy atom. The molecule has 2 aromatic rings. The number of carbonyl (C=O) groups excluding carboxylic acids is 2. The van der Waals surface area contributed by atoms with Gasteiger partial charge in [0.15, 0.2) is 0 Å². The number of amides is 2. The number of anilines is 1. The molecule has 1 atom stereocenters. The Balaban J connectivity index is 1.81. The smallest absolute Gasteiger partial charge is 0.251 e. The highest BCUT2D eigenvalue weighted by Gasteiger charge is 2.42. The van der Waals surface area contributed by atoms with E-state index in [1.54, 1.807) is 18.2 Å². The van der Waals surface area contributed by atoms with Crippen LogP contribution in [0.25, 0.3) is 0 Å². The molecule has 1 fully saturated rings. The van der Waals surface area contributed by atoms with Crippen LogP contribution in [-0.4, -0.2) is 36.9 Å². The van der Waals surface area contributed by atoms with Gasteiger partial charge >= 0.3 is 0 Å². The Hall–Kier alpha value is -2.66. The molecule has 0 N–H and O–H groups in total. The van der Waals surface area contributed by atoms with E-state index in [0.29, 0.717) is 18.0 Å². The van der Waals surface area contributed by atoms with Crippen molar-refractivity contribution in [2.45, 2.75) is 19.0 Å². The van der Waals surface area contributed by atoms with Crippen molar-refractivity contribution < 1.29 is 14.3 Å². The largest absolute Gasteiger partial charge is 0.495 e. The second-order valence-corrected chi connectivity index (χ2v) is 5.86. The topological polar surface area (TPSA) is 49.9 Å². The van der Waals surface area contributed by atoms with Gasteiger partial charge < -0.3 is 4.74 Å². The molecular formula is C19H20N2O3. The lowest BCUT2D eigenvalue weighted by molar-refractivity contribution is -0.122. The van der Waals surface area contributed by atoms with Gasteiger partial charge in [-0.05, 0) is 24.7 Å². The summed E-state index contributed by atoms with van der Waals surface area (Å²) in [5, 5.41) is 0. The summed E-state index contributed by atoms with van der Waals surface area (Å²) in [5.74, 6) is 0.114. The molecule has 0 spiro atoms. The van der Waals surface area contributed by atoms with Crippen molar-refractivity contribution in [2.24, 2.45) is 0 Å². The van der Waals surface area contributed by atoms with Crippen molar-refractivity contribution in [1.29, 1.82) is 0 Å². The molecule has 0 aliphatic carbocycles. The fourth-order valence-corrected chi connectivity index (χ4v) is 3.01. The highest BCUT2D eigenvalue weighted by molar-refractivity contribution is 6.23. The van der Waals surface area contributed by atoms with Gasteiger partial charge in [-0.3, -0.25) is 14.5 Å². The van der Waals surface area contributed by atoms with Crippen LogP contribution in [0.15, 0.2) is 54.6 Å². The van der Waals surface area contributed by atoms with Crippen molar-refractivity contribution in [3.05, 3.63) is 60.2 Å². The summed E-state index contributed by atoms with van der Waals surface area (Å²) < 4.78 is 5.29. The zero-order valence-corrected chi connectivity index (χ0v) is 13.8. The molecule has 1 saturated heterocycles. The maximum absolute atomic E-state index is 12.8. The van der Waals surface area contributed by atoms with Crippen LogP contribution in [-0.2, 0) is 16.1 Å². The first kappa shape index (κ1) is 16.2. The Morgan fingerprint density at radius 1 is 1.08 bits per heavy atom. The quantitative estimate of drug-likeness (QED) is 0.793. The molecule has 3 rings (SSSR count). The van der Waals surface area contributed by atoms with E-state index in [-0.39, 0.29) is 18.2 Å². The molecule has 5 heteroatoms. The summed E-state index contributed by atoms with van der Waals surface area (Å²) in [7, 11) is 3.40. The van der Waals surface area contributed by atoms with Crippen molar-refractivity contribution in [3.8, 4) is 5.75 Å². The second kappa shape index (κ2) is 6.84. The van der Waals surface area contributed by atoms with Crippen LogP contribution < -0.4 is 9.64 Å². The predicted octanol–water partition coefficient (Wildman–Crippen LogP) is 2.46. The lowest BCUT2D eigenvalue weighted by Crippen LogP contribution is -2.39. The number of methoxy groups -OCH3 is 1. The standard InChI is InChI=1S/C19H20N2O3/c1-20(13-14-8-4-3-5-9-14)16-12-18(22)21(19(16)23)15-10-6-7-11-17(15)24-2/h3-11,16H,12-13H2,1-2H3/t16-/m0/s1. The molecule has 24 heavy (non-hydrogen) atoms. The number of carbonyl (C=O) groups is 2. The summed E-state index contributed by atoms with van der Waals surface area (Å²) in [6.45, 7) is 0.615. The molecule has 5 nitrogen and oxygen atoms in total. The zero-order chi connectivity index (χ0) is 17.1. The number of rotatable bonds is 5. The molecule has 2 amide bonds. The SMILES string of the molecule is COc1ccccc1N1C(=O)C[C@H](N(C)Cc2ccccc2)C1=O. The summed E-state index contributed by atoms with van der Waals surface area (Å²) >= 11 is 0. The third-order valence-electron chi connectivity index (χ3n) is 4.26. The summed E-state index contributed by atoms with van der Waals surface area (Å²) in [4.78, 5) is 28.4. The number of ether oxygens (including phenoxy) is 1. The van der Waals surface area contributed by atoms with Gasteiger partial charge in [0.1, 0.15) is 5.75 Å². The number of benzene rings is 2. The third-order valence-corrected chi connectivity index (χ3v) is 4.26. The van der Waals surface area contributed by atoms with E-state index < -0.39 is 6.04 Å². The van der Waals surface area contributed by atoms with E-state index in [4.69, 9.17) is 4.74 Å². The van der Waals surface area contributed by atoms with Crippen LogP contribution in [0, 0.1) is 0 Å². The van der Waals surface area contributed by atoms with Crippen LogP contribution in [0.1, 0.15) is 12.0 Å². The monoisotopic (exact) mass is 324 g/mol. The Bertz CT molecular complexity index is 745. The van der Waals surface area contributed by atoms with Crippen LogP contribution in [0.4, 0.5) is 5.69 Å². The van der Waals surface area contributed by atoms with E-state index in [0.717, 1.165) is 5.56 Å². The summed E-state index contributed by atoms with van der Waals surface area (Å²) in [5.41, 5.74) is 1.61. The Morgan fingerprint density at radius 3 is 2.46 bits per heavy atom. The molecule has 1 aliphatic rings. The number of imide groups is 1. The average Bonchev–Trinajstić information content (AvgIpc) is 2.90. The molecule has 0 saturated carbocycles. The van der Waals surface area contributed by atoms with Crippen molar-refractivity contribution in [3.63, 3.8) is 0 Å². The van der Waals surface area contributed by atoms with Crippen molar-refractivity contribution in [2.75, 3.05) is 19.1 Å². The summed E-state index contributed by atoms with van der Waals surface area (Å²) in [6, 6.07) is 16.5. The molecule has 1 heterocycles. The van der Waals surface area contributed by atoms with Crippen LogP contribution in [0.2, 0.25) is 0 Å². The van der Waals surface area contributed by atoms with Gasteiger partial charge in [0.05, 0.1) is 25.3 Å². The lowest BCUT2D eigenvalue weighted by Gasteiger charge is -2.23. The minimum atomic E-state index is -0.456. The first-order valence-corrected chi connectivity index (χ1v) is 7.86. The van der Waals surface area contributed by atoms with E-state index in [9.17, 15) is 9.59 Å². The van der Waals surface area contributed by atoms with Gasteiger partial charge in [-0.25, -0.2) is 4.90 Å². The van der Waals surface area contributed by atoms with Gasteiger partial charge in [-0.1, -0.05) is 42.5 Å². The van der Waals surface area contributed by atoms with E-state index in [2.05, 4.69) is 0 Å². The van der Waals surface area contributed by atoms with Crippen LogP contribution >= 0.6 is 0 Å². The van der Waals surface area contributed by atoms with Crippen LogP contribution in [0.5, 0.6) is 5.75 Å². The van der Waals surface area contributed by atoms with Crippen molar-refractivity contribution in [1.82, 2.24) is 4.90 Å². The minimum absolute atomic E-state index is 0.181. The molecule has 0 aromatic heterocycles. The number of hydrogen-bond donors (Lipinski definition) is 0. The van der Waals surface area contributed by atoms with E-state index >= 15 is 0 Å². The predicted molar refractivity (Wildman–Crippen MR) is 91.8 cm³/mol. The van der Waals surface area contributed by atoms with E-state index in [1.165, 1.54) is 12.0 Å². The number of nitrogens with zero attached hydrogens (tertiary/aromatic N) is 2. The Labute approximate surface area is 141 Å². The lowest BCUT2D eigenvalue weighted by atomic mass is 10.1. The molecule has 1 aliphatic heterocycles. The van der Waals surface area contributed by atoms with E-state index in [1.807, 2.05) is 48.3 Å². The maximum Gasteiger partial charge on any atom is 0.251 e. The second-order valence-electron chi connectivity index (χ2n) is 5.86. The third kappa shape index (κ3) is 3.03. The van der Waals surface area contributed by atoms with Gasteiger partial charge in [-0.15, -0.1) is 0 Å². The van der Waals surface area contributed by atoms with Crippen LogP contribution in [0.3, 0.4) is 0 Å². The molecule has 0 radical (unpaired) electrons. The molecule has 0 unspecified atom stereocenters. The van der Waals surface area contributed by atoms with Gasteiger partial charge in [0, 0.05) is 6.54 Å². The zero-order valence-electron chi connectivity index (χ0n) is 13.8. The Kier molecular flexibility index (Phi) is 4.62. The minimum Gasteiger partial charge on any atom is -0.495 e. The number of para-hydroxylation sites is 2. The normalized spacial score (nSPS) is 17.6. The molecule has 124 valence electrons. The number of likely N-dealkylation sites (N-methyl/N-ethyl adjacent to an activating group) is 1. The fraction of sp³-hybridized carbons (Fsp3) is 0.263. The average molecular weight is 324 g/mol. The van der Waals surface area contributed by atoms with Gasteiger partial charge in [0.25, 0.3) is 5.91 Å².